The Morgan fingerprint density at radius 2 is 2.29 bits per heavy atom. The molecule has 0 saturated heterocycles. The molecule has 0 fully saturated rings. The highest BCUT2D eigenvalue weighted by Crippen LogP contribution is 2.35. The van der Waals surface area contributed by atoms with E-state index in [-0.39, 0.29) is 0 Å². The predicted octanol–water partition coefficient (Wildman–Crippen LogP) is 4.11. The predicted molar refractivity (Wildman–Crippen MR) is 71.5 cm³/mol. The molecule has 0 bridgehead atoms. The Morgan fingerprint density at radius 3 is 2.82 bits per heavy atom. The van der Waals surface area contributed by atoms with Gasteiger partial charge in [0.05, 0.1) is 12.1 Å². The van der Waals surface area contributed by atoms with Crippen molar-refractivity contribution in [3.05, 3.63) is 32.7 Å². The first-order valence-electron chi connectivity index (χ1n) is 4.56. The van der Waals surface area contributed by atoms with E-state index < -0.39 is 0 Å². The molecule has 3 nitrogen and oxygen atoms in total. The fraction of sp³-hybridized carbons (Fsp3) is 0.0909. The molecule has 1 aromatic carbocycles. The van der Waals surface area contributed by atoms with Crippen molar-refractivity contribution in [1.29, 1.82) is 5.26 Å². The van der Waals surface area contributed by atoms with Crippen LogP contribution in [0.5, 0.6) is 5.75 Å². The fourth-order valence-corrected chi connectivity index (χ4v) is 2.93. The summed E-state index contributed by atoms with van der Waals surface area (Å²) in [5.41, 5.74) is 1.25. The number of benzene rings is 1. The van der Waals surface area contributed by atoms with E-state index in [0.717, 1.165) is 14.4 Å². The number of ether oxygens (including phenoxy) is 1. The van der Waals surface area contributed by atoms with E-state index in [0.29, 0.717) is 16.5 Å². The Hall–Kier alpha value is -1.09. The molecule has 0 unspecified atom stereocenters. The lowest BCUT2D eigenvalue weighted by molar-refractivity contribution is 0.415. The number of hydrogen-bond acceptors (Lipinski definition) is 4. The van der Waals surface area contributed by atoms with Crippen LogP contribution in [-0.4, -0.2) is 12.1 Å². The Morgan fingerprint density at radius 1 is 1.53 bits per heavy atom. The molecule has 0 aliphatic rings. The lowest BCUT2D eigenvalue weighted by Gasteiger charge is -2.03. The van der Waals surface area contributed by atoms with Crippen LogP contribution in [0.2, 0.25) is 5.02 Å². The van der Waals surface area contributed by atoms with Gasteiger partial charge in [0, 0.05) is 5.56 Å². The molecule has 2 aromatic rings. The molecule has 0 aliphatic heterocycles. The SMILES string of the molecule is COc1ccc(-c2nc(C#N)c(Br)s2)cc1Cl. The van der Waals surface area contributed by atoms with Crippen LogP contribution in [0.25, 0.3) is 10.6 Å². The number of hydrogen-bond donors (Lipinski definition) is 0. The normalized spacial score (nSPS) is 10.0. The fourth-order valence-electron chi connectivity index (χ4n) is 1.29. The van der Waals surface area contributed by atoms with E-state index in [1.165, 1.54) is 11.3 Å². The van der Waals surface area contributed by atoms with Gasteiger partial charge in [-0.2, -0.15) is 5.26 Å². The van der Waals surface area contributed by atoms with E-state index in [9.17, 15) is 0 Å². The van der Waals surface area contributed by atoms with Crippen LogP contribution in [0.15, 0.2) is 22.0 Å². The Labute approximate surface area is 116 Å². The first-order chi connectivity index (χ1) is 8.15. The second-order valence-electron chi connectivity index (χ2n) is 3.10. The number of thiazole rings is 1. The van der Waals surface area contributed by atoms with Crippen LogP contribution in [-0.2, 0) is 0 Å². The molecule has 17 heavy (non-hydrogen) atoms. The minimum Gasteiger partial charge on any atom is -0.495 e. The van der Waals surface area contributed by atoms with Gasteiger partial charge >= 0.3 is 0 Å². The molecule has 0 N–H and O–H groups in total. The van der Waals surface area contributed by atoms with Crippen LogP contribution < -0.4 is 4.74 Å². The first-order valence-corrected chi connectivity index (χ1v) is 6.54. The average Bonchev–Trinajstić information content (AvgIpc) is 2.70. The molecule has 86 valence electrons. The van der Waals surface area contributed by atoms with Crippen molar-refractivity contribution in [3.8, 4) is 22.4 Å². The lowest BCUT2D eigenvalue weighted by Crippen LogP contribution is -1.85. The Bertz CT molecular complexity index is 606. The van der Waals surface area contributed by atoms with Crippen molar-refractivity contribution in [2.24, 2.45) is 0 Å². The topological polar surface area (TPSA) is 45.9 Å². The van der Waals surface area contributed by atoms with E-state index in [1.807, 2.05) is 12.1 Å². The molecule has 1 heterocycles. The number of methoxy groups -OCH3 is 1. The van der Waals surface area contributed by atoms with Crippen molar-refractivity contribution in [1.82, 2.24) is 4.98 Å². The van der Waals surface area contributed by atoms with Gasteiger partial charge in [0.2, 0.25) is 0 Å². The zero-order valence-electron chi connectivity index (χ0n) is 8.70. The number of halogens is 2. The molecule has 1 aromatic heterocycles. The van der Waals surface area contributed by atoms with Gasteiger partial charge < -0.3 is 4.74 Å². The third kappa shape index (κ3) is 2.44. The maximum atomic E-state index is 8.83. The monoisotopic (exact) mass is 328 g/mol. The number of nitriles is 1. The second-order valence-corrected chi connectivity index (χ2v) is 5.83. The number of aromatic nitrogens is 1. The summed E-state index contributed by atoms with van der Waals surface area (Å²) in [5.74, 6) is 0.617. The molecule has 0 atom stereocenters. The van der Waals surface area contributed by atoms with Gasteiger partial charge in [-0.25, -0.2) is 4.98 Å². The largest absolute Gasteiger partial charge is 0.495 e. The average molecular weight is 330 g/mol. The molecule has 0 spiro atoms. The highest BCUT2D eigenvalue weighted by atomic mass is 79.9. The summed E-state index contributed by atoms with van der Waals surface area (Å²) < 4.78 is 5.80. The summed E-state index contributed by atoms with van der Waals surface area (Å²) in [5, 5.41) is 10.1. The van der Waals surface area contributed by atoms with Gasteiger partial charge in [0.1, 0.15) is 20.6 Å². The summed E-state index contributed by atoms with van der Waals surface area (Å²) in [7, 11) is 1.56. The van der Waals surface area contributed by atoms with Crippen LogP contribution >= 0.6 is 38.9 Å². The van der Waals surface area contributed by atoms with Gasteiger partial charge in [-0.15, -0.1) is 11.3 Å². The second kappa shape index (κ2) is 5.05. The van der Waals surface area contributed by atoms with Crippen molar-refractivity contribution in [2.75, 3.05) is 7.11 Å². The quantitative estimate of drug-likeness (QED) is 0.833. The van der Waals surface area contributed by atoms with Crippen molar-refractivity contribution in [3.63, 3.8) is 0 Å². The van der Waals surface area contributed by atoms with Crippen LogP contribution in [0, 0.1) is 11.3 Å². The third-order valence-corrected chi connectivity index (χ3v) is 4.14. The van der Waals surface area contributed by atoms with Gasteiger partial charge in [-0.3, -0.25) is 0 Å². The molecule has 0 radical (unpaired) electrons. The van der Waals surface area contributed by atoms with Gasteiger partial charge in [0.25, 0.3) is 0 Å². The van der Waals surface area contributed by atoms with Crippen LogP contribution in [0.1, 0.15) is 5.69 Å². The number of nitrogens with zero attached hydrogens (tertiary/aromatic N) is 2. The number of rotatable bonds is 2. The molecule has 0 aliphatic carbocycles. The Kier molecular flexibility index (Phi) is 3.67. The van der Waals surface area contributed by atoms with Gasteiger partial charge in [-0.1, -0.05) is 11.6 Å². The highest BCUT2D eigenvalue weighted by Gasteiger charge is 2.11. The van der Waals surface area contributed by atoms with E-state index >= 15 is 0 Å². The molecular formula is C11H6BrClN2OS. The molecule has 0 saturated carbocycles. The maximum absolute atomic E-state index is 8.83. The minimum atomic E-state index is 0.386. The summed E-state index contributed by atoms with van der Waals surface area (Å²) in [6.45, 7) is 0. The summed E-state index contributed by atoms with van der Waals surface area (Å²) in [6, 6.07) is 7.42. The lowest BCUT2D eigenvalue weighted by atomic mass is 10.2. The molecule has 0 amide bonds. The highest BCUT2D eigenvalue weighted by molar-refractivity contribution is 9.11. The zero-order chi connectivity index (χ0) is 12.4. The van der Waals surface area contributed by atoms with E-state index in [4.69, 9.17) is 21.6 Å². The summed E-state index contributed by atoms with van der Waals surface area (Å²) in [4.78, 5) is 4.21. The minimum absolute atomic E-state index is 0.386. The van der Waals surface area contributed by atoms with Crippen molar-refractivity contribution < 1.29 is 4.74 Å². The third-order valence-electron chi connectivity index (χ3n) is 2.09. The summed E-state index contributed by atoms with van der Waals surface area (Å²) >= 11 is 10.7. The standard InChI is InChI=1S/C11H6BrClN2OS/c1-16-9-3-2-6(4-7(9)13)11-15-8(5-14)10(12)17-11/h2-4H,1H3. The first kappa shape index (κ1) is 12.4. The Balaban J connectivity index is 2.47. The van der Waals surface area contributed by atoms with Gasteiger partial charge in [-0.05, 0) is 34.1 Å². The van der Waals surface area contributed by atoms with E-state index in [2.05, 4.69) is 20.9 Å². The molecule has 2 rings (SSSR count). The smallest absolute Gasteiger partial charge is 0.166 e. The molecule has 6 heteroatoms. The zero-order valence-corrected chi connectivity index (χ0v) is 11.9. The molecular weight excluding hydrogens is 324 g/mol. The van der Waals surface area contributed by atoms with E-state index in [1.54, 1.807) is 19.2 Å². The van der Waals surface area contributed by atoms with Gasteiger partial charge in [0.15, 0.2) is 5.69 Å². The van der Waals surface area contributed by atoms with Crippen LogP contribution in [0.4, 0.5) is 0 Å². The maximum Gasteiger partial charge on any atom is 0.166 e. The van der Waals surface area contributed by atoms with Crippen molar-refractivity contribution >= 4 is 38.9 Å². The van der Waals surface area contributed by atoms with Crippen LogP contribution in [0.3, 0.4) is 0 Å². The summed E-state index contributed by atoms with van der Waals surface area (Å²) in [6.07, 6.45) is 0. The van der Waals surface area contributed by atoms with Crippen molar-refractivity contribution in [2.45, 2.75) is 0 Å².